The van der Waals surface area contributed by atoms with Crippen molar-refractivity contribution < 1.29 is 14.7 Å². The van der Waals surface area contributed by atoms with E-state index in [0.29, 0.717) is 30.2 Å². The van der Waals surface area contributed by atoms with Crippen molar-refractivity contribution in [2.45, 2.75) is 20.4 Å². The maximum absolute atomic E-state index is 13.3. The molecule has 4 aromatic rings. The van der Waals surface area contributed by atoms with E-state index in [1.165, 1.54) is 17.6 Å². The van der Waals surface area contributed by atoms with Gasteiger partial charge >= 0.3 is 0 Å². The number of aromatic hydroxyl groups is 1. The summed E-state index contributed by atoms with van der Waals surface area (Å²) in [6.45, 7) is 3.86. The summed E-state index contributed by atoms with van der Waals surface area (Å²) in [7, 11) is 1.83. The van der Waals surface area contributed by atoms with E-state index in [-0.39, 0.29) is 23.9 Å². The van der Waals surface area contributed by atoms with Crippen LogP contribution in [0, 0.1) is 6.92 Å². The lowest BCUT2D eigenvalue weighted by atomic mass is 10.1. The van der Waals surface area contributed by atoms with Crippen LogP contribution < -0.4 is 10.3 Å². The van der Waals surface area contributed by atoms with E-state index < -0.39 is 5.91 Å². The van der Waals surface area contributed by atoms with Gasteiger partial charge in [0.05, 0.1) is 36.9 Å². The summed E-state index contributed by atoms with van der Waals surface area (Å²) in [6, 6.07) is 10.1. The first kappa shape index (κ1) is 25.9. The van der Waals surface area contributed by atoms with Crippen molar-refractivity contribution in [3.63, 3.8) is 0 Å². The number of rotatable bonds is 7. The lowest BCUT2D eigenvalue weighted by molar-refractivity contribution is 0.0953. The van der Waals surface area contributed by atoms with Crippen LogP contribution in [-0.4, -0.2) is 32.9 Å². The minimum atomic E-state index is -0.480. The van der Waals surface area contributed by atoms with Gasteiger partial charge in [-0.3, -0.25) is 14.3 Å². The van der Waals surface area contributed by atoms with Gasteiger partial charge in [-0.25, -0.2) is 0 Å². The van der Waals surface area contributed by atoms with Gasteiger partial charge in [-0.15, -0.1) is 22.7 Å². The van der Waals surface area contributed by atoms with Gasteiger partial charge in [-0.05, 0) is 49.7 Å². The van der Waals surface area contributed by atoms with Crippen molar-refractivity contribution >= 4 is 69.6 Å². The summed E-state index contributed by atoms with van der Waals surface area (Å²) in [5.41, 5.74) is 2.60. The van der Waals surface area contributed by atoms with Crippen LogP contribution in [-0.2, 0) is 13.6 Å². The molecule has 0 bridgehead atoms. The molecule has 3 heterocycles. The lowest BCUT2D eigenvalue weighted by Gasteiger charge is -2.15. The van der Waals surface area contributed by atoms with Crippen LogP contribution in [0.1, 0.15) is 37.7 Å². The van der Waals surface area contributed by atoms with E-state index in [0.717, 1.165) is 27.7 Å². The van der Waals surface area contributed by atoms with Crippen LogP contribution in [0.3, 0.4) is 0 Å². The summed E-state index contributed by atoms with van der Waals surface area (Å²) < 4.78 is 1.74. The highest BCUT2D eigenvalue weighted by Gasteiger charge is 2.26. The summed E-state index contributed by atoms with van der Waals surface area (Å²) >= 11 is 14.4. The zero-order valence-corrected chi connectivity index (χ0v) is 22.6. The molecule has 4 rings (SSSR count). The Kier molecular flexibility index (Phi) is 7.79. The zero-order valence-electron chi connectivity index (χ0n) is 19.5. The zero-order chi connectivity index (χ0) is 26.0. The number of aryl methyl sites for hydroxylation is 2. The van der Waals surface area contributed by atoms with Crippen LogP contribution in [0.2, 0.25) is 10.0 Å². The highest BCUT2D eigenvalue weighted by Crippen LogP contribution is 2.45. The van der Waals surface area contributed by atoms with E-state index in [1.54, 1.807) is 47.3 Å². The van der Waals surface area contributed by atoms with Crippen LogP contribution in [0.4, 0.5) is 5.69 Å². The molecule has 1 aromatic carbocycles. The summed E-state index contributed by atoms with van der Waals surface area (Å²) in [5.74, 6) is -0.906. The number of hydrazone groups is 1. The maximum atomic E-state index is 13.3. The molecule has 186 valence electrons. The van der Waals surface area contributed by atoms with Crippen molar-refractivity contribution in [1.29, 1.82) is 0 Å². The number of nitrogens with one attached hydrogen (secondary N) is 1. The fourth-order valence-corrected chi connectivity index (χ4v) is 5.40. The molecule has 2 amide bonds. The van der Waals surface area contributed by atoms with Gasteiger partial charge in [0.1, 0.15) is 5.69 Å². The van der Waals surface area contributed by atoms with E-state index in [4.69, 9.17) is 23.2 Å². The van der Waals surface area contributed by atoms with Crippen molar-refractivity contribution in [2.24, 2.45) is 12.1 Å². The second-order valence-electron chi connectivity index (χ2n) is 7.67. The number of hydrogen-bond acceptors (Lipinski definition) is 7. The molecule has 36 heavy (non-hydrogen) atoms. The quantitative estimate of drug-likeness (QED) is 0.210. The number of thiophene rings is 2. The summed E-state index contributed by atoms with van der Waals surface area (Å²) in [4.78, 5) is 27.1. The first-order chi connectivity index (χ1) is 17.2. The third-order valence-electron chi connectivity index (χ3n) is 5.21. The summed E-state index contributed by atoms with van der Waals surface area (Å²) in [6.07, 6.45) is 1.45. The maximum Gasteiger partial charge on any atom is 0.288 e. The molecule has 12 heteroatoms. The molecule has 0 unspecified atom stereocenters. The van der Waals surface area contributed by atoms with Gasteiger partial charge in [0.15, 0.2) is 5.75 Å². The van der Waals surface area contributed by atoms with Gasteiger partial charge in [-0.1, -0.05) is 29.3 Å². The second kappa shape index (κ2) is 10.8. The van der Waals surface area contributed by atoms with Crippen molar-refractivity contribution in [3.8, 4) is 16.2 Å². The number of carbonyl (C=O) groups excluding carboxylic acids is 2. The number of nitrogens with zero attached hydrogens (tertiary/aromatic N) is 4. The van der Waals surface area contributed by atoms with Crippen molar-refractivity contribution in [3.05, 3.63) is 73.0 Å². The van der Waals surface area contributed by atoms with Gasteiger partial charge in [0.2, 0.25) is 0 Å². The van der Waals surface area contributed by atoms with Crippen LogP contribution in [0.5, 0.6) is 5.75 Å². The third kappa shape index (κ3) is 5.31. The van der Waals surface area contributed by atoms with Crippen LogP contribution in [0.25, 0.3) is 10.4 Å². The smallest absolute Gasteiger partial charge is 0.288 e. The number of anilines is 1. The normalized spacial score (nSPS) is 11.2. The molecule has 3 aromatic heterocycles. The number of benzene rings is 1. The molecule has 0 fully saturated rings. The Morgan fingerprint density at radius 3 is 2.61 bits per heavy atom. The van der Waals surface area contributed by atoms with Crippen molar-refractivity contribution in [1.82, 2.24) is 15.1 Å². The van der Waals surface area contributed by atoms with E-state index in [1.807, 2.05) is 20.0 Å². The molecule has 0 aliphatic heterocycles. The second-order valence-corrected chi connectivity index (χ2v) is 10.4. The van der Waals surface area contributed by atoms with E-state index in [9.17, 15) is 14.7 Å². The molecule has 0 spiro atoms. The Morgan fingerprint density at radius 2 is 1.94 bits per heavy atom. The fourth-order valence-electron chi connectivity index (χ4n) is 3.33. The van der Waals surface area contributed by atoms with Gasteiger partial charge in [0.25, 0.3) is 11.8 Å². The fraction of sp³-hybridized carbons (Fsp3) is 0.167. The molecule has 0 atom stereocenters. The van der Waals surface area contributed by atoms with Crippen LogP contribution >= 0.6 is 45.9 Å². The average Bonchev–Trinajstić information content (AvgIpc) is 3.57. The van der Waals surface area contributed by atoms with Crippen LogP contribution in [0.15, 0.2) is 46.9 Å². The highest BCUT2D eigenvalue weighted by molar-refractivity contribution is 7.16. The summed E-state index contributed by atoms with van der Waals surface area (Å²) in [5, 5.41) is 25.7. The number of hydrogen-bond donors (Lipinski definition) is 2. The minimum Gasteiger partial charge on any atom is -0.504 e. The molecular weight excluding hydrogens is 541 g/mol. The predicted octanol–water partition coefficient (Wildman–Crippen LogP) is 6.11. The number of amides is 2. The average molecular weight is 563 g/mol. The Labute approximate surface area is 225 Å². The minimum absolute atomic E-state index is 0.113. The standard InChI is InChI=1S/C24H21Cl2N5O3S2/c1-4-28-31(18-12-35-22(21(18)32)14-5-6-16(25)17(26)10-14)24(34)20-8-7-19(36-20)23(33)27-11-15-9-13(2)30(3)29-15/h4-10,12,32H,11H2,1-3H3,(H,27,33). The van der Waals surface area contributed by atoms with E-state index in [2.05, 4.69) is 15.5 Å². The van der Waals surface area contributed by atoms with Gasteiger partial charge in [0, 0.05) is 24.3 Å². The van der Waals surface area contributed by atoms with Gasteiger partial charge < -0.3 is 10.4 Å². The van der Waals surface area contributed by atoms with Crippen molar-refractivity contribution in [2.75, 3.05) is 5.01 Å². The molecule has 0 aliphatic carbocycles. The Balaban J connectivity index is 1.54. The number of halogens is 2. The third-order valence-corrected chi connectivity index (χ3v) is 8.03. The molecule has 0 radical (unpaired) electrons. The molecular formula is C24H21Cl2N5O3S2. The highest BCUT2D eigenvalue weighted by atomic mass is 35.5. The molecule has 8 nitrogen and oxygen atoms in total. The lowest BCUT2D eigenvalue weighted by Crippen LogP contribution is -2.24. The Morgan fingerprint density at radius 1 is 1.19 bits per heavy atom. The number of aromatic nitrogens is 2. The molecule has 0 aliphatic rings. The van der Waals surface area contributed by atoms with Gasteiger partial charge in [-0.2, -0.15) is 15.2 Å². The first-order valence-corrected chi connectivity index (χ1v) is 13.1. The Hall–Kier alpha value is -3.18. The first-order valence-electron chi connectivity index (χ1n) is 10.7. The number of carbonyl (C=O) groups is 2. The monoisotopic (exact) mass is 561 g/mol. The topological polar surface area (TPSA) is 99.8 Å². The largest absolute Gasteiger partial charge is 0.504 e. The molecule has 2 N–H and O–H groups in total. The Bertz CT molecular complexity index is 1450. The van der Waals surface area contributed by atoms with E-state index >= 15 is 0 Å². The predicted molar refractivity (Wildman–Crippen MR) is 146 cm³/mol. The SMILES string of the molecule is CC=NN(C(=O)c1ccc(C(=O)NCc2cc(C)n(C)n2)s1)c1csc(-c2ccc(Cl)c(Cl)c2)c1O. The molecule has 0 saturated carbocycles. The molecule has 0 saturated heterocycles.